The number of carbonyl (C=O) groups excluding carboxylic acids is 1. The van der Waals surface area contributed by atoms with Crippen molar-refractivity contribution in [3.63, 3.8) is 0 Å². The lowest BCUT2D eigenvalue weighted by Crippen LogP contribution is -2.36. The number of carboxylic acids is 1. The number of aromatic carboxylic acids is 1. The van der Waals surface area contributed by atoms with Crippen LogP contribution in [0.5, 0.6) is 0 Å². The van der Waals surface area contributed by atoms with Gasteiger partial charge in [-0.05, 0) is 35.2 Å². The van der Waals surface area contributed by atoms with Gasteiger partial charge in [-0.25, -0.2) is 9.78 Å². The highest BCUT2D eigenvalue weighted by atomic mass is 16.4. The van der Waals surface area contributed by atoms with E-state index in [9.17, 15) is 9.59 Å². The Bertz CT molecular complexity index is 1010. The van der Waals surface area contributed by atoms with Gasteiger partial charge < -0.3 is 9.67 Å². The zero-order valence-electron chi connectivity index (χ0n) is 17.9. The van der Waals surface area contributed by atoms with Crippen LogP contribution >= 0.6 is 0 Å². The Balaban J connectivity index is 1.96. The van der Waals surface area contributed by atoms with Crippen molar-refractivity contribution in [1.29, 1.82) is 0 Å². The number of anilines is 1. The molecule has 2 aromatic heterocycles. The van der Waals surface area contributed by atoms with Gasteiger partial charge in [0.05, 0.1) is 11.8 Å². The highest BCUT2D eigenvalue weighted by molar-refractivity contribution is 6.03. The molecule has 2 heterocycles. The Kier molecular flexibility index (Phi) is 7.11. The summed E-state index contributed by atoms with van der Waals surface area (Å²) in [6.07, 6.45) is 4.28. The number of imidazole rings is 1. The Labute approximate surface area is 180 Å². The van der Waals surface area contributed by atoms with Gasteiger partial charge in [0.2, 0.25) is 0 Å². The maximum Gasteiger partial charge on any atom is 0.335 e. The minimum absolute atomic E-state index is 0.196. The highest BCUT2D eigenvalue weighted by Gasteiger charge is 2.26. The number of aromatic nitrogens is 6. The van der Waals surface area contributed by atoms with Gasteiger partial charge in [-0.2, -0.15) is 5.21 Å². The molecule has 0 saturated heterocycles. The number of carbonyl (C=O) groups is 2. The van der Waals surface area contributed by atoms with E-state index in [2.05, 4.69) is 32.5 Å². The molecule has 31 heavy (non-hydrogen) atoms. The van der Waals surface area contributed by atoms with Gasteiger partial charge in [-0.3, -0.25) is 9.69 Å². The summed E-state index contributed by atoms with van der Waals surface area (Å²) >= 11 is 0. The second-order valence-corrected chi connectivity index (χ2v) is 7.77. The van der Waals surface area contributed by atoms with Gasteiger partial charge >= 0.3 is 5.97 Å². The molecule has 0 fully saturated rings. The first-order valence-corrected chi connectivity index (χ1v) is 10.3. The lowest BCUT2D eigenvalue weighted by atomic mass is 10.1. The van der Waals surface area contributed by atoms with Crippen molar-refractivity contribution >= 4 is 17.8 Å². The van der Waals surface area contributed by atoms with Gasteiger partial charge in [0.1, 0.15) is 11.5 Å². The molecule has 0 bridgehead atoms. The summed E-state index contributed by atoms with van der Waals surface area (Å²) in [4.78, 5) is 30.6. The fraction of sp³-hybridized carbons (Fsp3) is 0.429. The predicted molar refractivity (Wildman–Crippen MR) is 114 cm³/mol. The van der Waals surface area contributed by atoms with Crippen LogP contribution in [0.2, 0.25) is 0 Å². The molecule has 3 rings (SSSR count). The third-order valence-corrected chi connectivity index (χ3v) is 4.82. The molecule has 0 unspecified atom stereocenters. The number of nitrogens with one attached hydrogen (secondary N) is 1. The summed E-state index contributed by atoms with van der Waals surface area (Å²) in [5, 5.41) is 23.1. The molecule has 0 atom stereocenters. The summed E-state index contributed by atoms with van der Waals surface area (Å²) in [5.41, 5.74) is 1.53. The molecule has 0 saturated carbocycles. The van der Waals surface area contributed by atoms with Gasteiger partial charge in [0.15, 0.2) is 0 Å². The minimum Gasteiger partial charge on any atom is -0.478 e. The van der Waals surface area contributed by atoms with Crippen LogP contribution in [0.4, 0.5) is 5.95 Å². The van der Waals surface area contributed by atoms with E-state index >= 15 is 0 Å². The number of nitrogens with zero attached hydrogens (tertiary/aromatic N) is 6. The first kappa shape index (κ1) is 22.1. The lowest BCUT2D eigenvalue weighted by molar-refractivity contribution is 0.0696. The predicted octanol–water partition coefficient (Wildman–Crippen LogP) is 2.79. The molecular weight excluding hydrogens is 398 g/mol. The van der Waals surface area contributed by atoms with Crippen LogP contribution in [0, 0.1) is 5.92 Å². The van der Waals surface area contributed by atoms with E-state index in [4.69, 9.17) is 5.11 Å². The fourth-order valence-corrected chi connectivity index (χ4v) is 3.26. The molecule has 0 aliphatic carbocycles. The topological polar surface area (TPSA) is 130 Å². The second kappa shape index (κ2) is 9.96. The number of amides is 1. The van der Waals surface area contributed by atoms with Gasteiger partial charge in [0, 0.05) is 19.5 Å². The number of tetrazole rings is 1. The van der Waals surface area contributed by atoms with Crippen molar-refractivity contribution in [2.75, 3.05) is 11.4 Å². The Morgan fingerprint density at radius 2 is 1.97 bits per heavy atom. The summed E-state index contributed by atoms with van der Waals surface area (Å²) in [6, 6.07) is 6.64. The zero-order chi connectivity index (χ0) is 22.4. The molecule has 0 radical (unpaired) electrons. The number of H-pyrrole nitrogens is 1. The molecule has 2 N–H and O–H groups in total. The van der Waals surface area contributed by atoms with E-state index in [-0.39, 0.29) is 23.3 Å². The van der Waals surface area contributed by atoms with Gasteiger partial charge in [-0.1, -0.05) is 44.4 Å². The molecule has 0 spiro atoms. The fourth-order valence-electron chi connectivity index (χ4n) is 3.26. The van der Waals surface area contributed by atoms with Crippen molar-refractivity contribution in [1.82, 2.24) is 30.2 Å². The summed E-state index contributed by atoms with van der Waals surface area (Å²) < 4.78 is 1.89. The minimum atomic E-state index is -0.974. The molecule has 0 aliphatic heterocycles. The monoisotopic (exact) mass is 425 g/mol. The molecule has 164 valence electrons. The van der Waals surface area contributed by atoms with Crippen LogP contribution in [-0.2, 0) is 13.0 Å². The summed E-state index contributed by atoms with van der Waals surface area (Å²) in [5.74, 6) is -0.00920. The van der Waals surface area contributed by atoms with Crippen molar-refractivity contribution in [2.45, 2.75) is 46.6 Å². The van der Waals surface area contributed by atoms with Gasteiger partial charge in [0.25, 0.3) is 11.9 Å². The van der Waals surface area contributed by atoms with E-state index in [1.807, 2.05) is 18.4 Å². The second-order valence-electron chi connectivity index (χ2n) is 7.77. The Morgan fingerprint density at radius 1 is 1.23 bits per heavy atom. The zero-order valence-corrected chi connectivity index (χ0v) is 17.9. The van der Waals surface area contributed by atoms with Crippen LogP contribution in [0.15, 0.2) is 30.5 Å². The molecule has 0 aliphatic rings. The molecular formula is C21H27N7O3. The number of aryl methyl sites for hydroxylation is 1. The maximum absolute atomic E-state index is 13.5. The third-order valence-electron chi connectivity index (χ3n) is 4.82. The average Bonchev–Trinajstić information content (AvgIpc) is 3.41. The van der Waals surface area contributed by atoms with E-state index in [1.54, 1.807) is 30.5 Å². The van der Waals surface area contributed by atoms with Crippen molar-refractivity contribution < 1.29 is 14.7 Å². The van der Waals surface area contributed by atoms with Crippen LogP contribution < -0.4 is 4.90 Å². The molecule has 1 amide bonds. The quantitative estimate of drug-likeness (QED) is 0.511. The molecule has 10 nitrogen and oxygen atoms in total. The molecule has 1 aromatic carbocycles. The SMILES string of the molecule is CCCCc1ncc(C(=O)N(CC(C)C)c2nn[nH]n2)n1Cc1ccc(C(=O)O)cc1. The van der Waals surface area contributed by atoms with E-state index in [0.717, 1.165) is 30.7 Å². The Hall–Kier alpha value is -3.56. The standard InChI is InChI=1S/C21H27N7O3/c1-4-5-6-18-22-11-17(19(29)28(12-14(2)3)21-23-25-26-24-21)27(18)13-15-7-9-16(10-8-15)20(30)31/h7-11,14H,4-6,12-13H2,1-3H3,(H,30,31)(H,23,24,25,26). The molecule has 3 aromatic rings. The number of carboxylic acid groups (broad SMARTS) is 1. The summed E-state index contributed by atoms with van der Waals surface area (Å²) in [7, 11) is 0. The summed E-state index contributed by atoms with van der Waals surface area (Å²) in [6.45, 7) is 6.95. The van der Waals surface area contributed by atoms with Crippen LogP contribution in [0.1, 0.15) is 65.8 Å². The third kappa shape index (κ3) is 5.33. The number of unbranched alkanes of at least 4 members (excludes halogenated alkanes) is 1. The van der Waals surface area contributed by atoms with Gasteiger partial charge in [-0.15, -0.1) is 5.10 Å². The normalized spacial score (nSPS) is 11.1. The highest BCUT2D eigenvalue weighted by Crippen LogP contribution is 2.18. The largest absolute Gasteiger partial charge is 0.478 e. The van der Waals surface area contributed by atoms with Crippen LogP contribution in [0.25, 0.3) is 0 Å². The number of aromatic amines is 1. The number of hydrogen-bond donors (Lipinski definition) is 2. The van der Waals surface area contributed by atoms with E-state index in [1.165, 1.54) is 4.90 Å². The average molecular weight is 425 g/mol. The van der Waals surface area contributed by atoms with Crippen LogP contribution in [-0.4, -0.2) is 53.7 Å². The first-order chi connectivity index (χ1) is 14.9. The number of hydrogen-bond acceptors (Lipinski definition) is 6. The van der Waals surface area contributed by atoms with Crippen molar-refractivity contribution in [2.24, 2.45) is 5.92 Å². The number of benzene rings is 1. The Morgan fingerprint density at radius 3 is 2.55 bits per heavy atom. The maximum atomic E-state index is 13.5. The van der Waals surface area contributed by atoms with E-state index in [0.29, 0.717) is 18.8 Å². The smallest absolute Gasteiger partial charge is 0.335 e. The van der Waals surface area contributed by atoms with Crippen LogP contribution in [0.3, 0.4) is 0 Å². The lowest BCUT2D eigenvalue weighted by Gasteiger charge is -2.21. The van der Waals surface area contributed by atoms with Crippen molar-refractivity contribution in [3.8, 4) is 0 Å². The van der Waals surface area contributed by atoms with Crippen molar-refractivity contribution in [3.05, 3.63) is 53.1 Å². The van der Waals surface area contributed by atoms with E-state index < -0.39 is 5.97 Å². The number of rotatable bonds is 10. The first-order valence-electron chi connectivity index (χ1n) is 10.3. The molecule has 10 heteroatoms.